The summed E-state index contributed by atoms with van der Waals surface area (Å²) in [5.74, 6) is -1.78. The molecule has 9 nitrogen and oxygen atoms in total. The summed E-state index contributed by atoms with van der Waals surface area (Å²) in [6.45, 7) is 17.1. The molecule has 0 rings (SSSR count). The third kappa shape index (κ3) is 17.0. The highest BCUT2D eigenvalue weighted by molar-refractivity contribution is 5.80. The molecule has 0 aromatic carbocycles. The molecule has 33 heavy (non-hydrogen) atoms. The van der Waals surface area contributed by atoms with E-state index in [1.54, 1.807) is 62.3 Å². The Morgan fingerprint density at radius 1 is 0.727 bits per heavy atom. The third-order valence-corrected chi connectivity index (χ3v) is 3.90. The average molecular weight is 473 g/mol. The van der Waals surface area contributed by atoms with Crippen LogP contribution in [-0.2, 0) is 33.4 Å². The first-order valence-electron chi connectivity index (χ1n) is 11.4. The molecule has 0 aliphatic rings. The van der Waals surface area contributed by atoms with Gasteiger partial charge in [-0.05, 0) is 81.6 Å². The Hall–Kier alpha value is -2.16. The maximum atomic E-state index is 13.1. The Balaban J connectivity index is 5.70. The van der Waals surface area contributed by atoms with Crippen LogP contribution in [0.4, 0.5) is 0 Å². The van der Waals surface area contributed by atoms with E-state index >= 15 is 0 Å². The van der Waals surface area contributed by atoms with Crippen molar-refractivity contribution in [1.82, 2.24) is 10.2 Å². The normalized spacial score (nSPS) is 13.3. The fourth-order valence-corrected chi connectivity index (χ4v) is 2.90. The summed E-state index contributed by atoms with van der Waals surface area (Å²) >= 11 is 0. The van der Waals surface area contributed by atoms with Gasteiger partial charge in [-0.3, -0.25) is 24.1 Å². The van der Waals surface area contributed by atoms with Gasteiger partial charge in [0, 0.05) is 13.5 Å². The van der Waals surface area contributed by atoms with E-state index in [4.69, 9.17) is 14.2 Å². The van der Waals surface area contributed by atoms with Crippen molar-refractivity contribution in [2.24, 2.45) is 0 Å². The van der Waals surface area contributed by atoms with Crippen LogP contribution >= 0.6 is 0 Å². The van der Waals surface area contributed by atoms with Crippen LogP contribution in [0.1, 0.15) is 88.5 Å². The van der Waals surface area contributed by atoms with E-state index < -0.39 is 40.8 Å². The molecule has 0 saturated carbocycles. The largest absolute Gasteiger partial charge is 0.459 e. The Morgan fingerprint density at radius 2 is 1.15 bits per heavy atom. The molecule has 0 aliphatic carbocycles. The molecule has 0 saturated heterocycles. The molecule has 0 bridgehead atoms. The molecule has 1 amide bonds. The van der Waals surface area contributed by atoms with Gasteiger partial charge >= 0.3 is 17.9 Å². The number of carbonyl (C=O) groups is 4. The number of ether oxygens (including phenoxy) is 3. The monoisotopic (exact) mass is 472 g/mol. The number of nitrogens with zero attached hydrogens (tertiary/aromatic N) is 1. The number of esters is 3. The highest BCUT2D eigenvalue weighted by atomic mass is 16.6. The fourth-order valence-electron chi connectivity index (χ4n) is 2.90. The van der Waals surface area contributed by atoms with E-state index in [0.29, 0.717) is 25.8 Å². The maximum absolute atomic E-state index is 13.1. The molecule has 0 heterocycles. The predicted molar refractivity (Wildman–Crippen MR) is 125 cm³/mol. The Bertz CT molecular complexity index is 640. The highest BCUT2D eigenvalue weighted by Gasteiger charge is 2.34. The molecular formula is C24H44N2O7. The smallest absolute Gasteiger partial charge is 0.323 e. The van der Waals surface area contributed by atoms with Crippen LogP contribution in [0.5, 0.6) is 0 Å². The summed E-state index contributed by atoms with van der Waals surface area (Å²) in [5, 5.41) is 2.71. The number of unbranched alkanes of at least 4 members (excludes halogenated alkanes) is 1. The minimum Gasteiger partial charge on any atom is -0.459 e. The van der Waals surface area contributed by atoms with Gasteiger partial charge in [0.1, 0.15) is 22.8 Å². The Labute approximate surface area is 198 Å². The van der Waals surface area contributed by atoms with Crippen molar-refractivity contribution < 1.29 is 33.4 Å². The van der Waals surface area contributed by atoms with Crippen molar-refractivity contribution in [2.45, 2.75) is 111 Å². The minimum absolute atomic E-state index is 0.129. The van der Waals surface area contributed by atoms with Crippen LogP contribution in [0.25, 0.3) is 0 Å². The second kappa shape index (κ2) is 12.9. The maximum Gasteiger partial charge on any atom is 0.323 e. The van der Waals surface area contributed by atoms with Gasteiger partial charge in [0.05, 0.1) is 13.1 Å². The van der Waals surface area contributed by atoms with E-state index in [9.17, 15) is 19.2 Å². The summed E-state index contributed by atoms with van der Waals surface area (Å²) in [4.78, 5) is 50.8. The van der Waals surface area contributed by atoms with Crippen LogP contribution in [0.2, 0.25) is 0 Å². The molecule has 0 aromatic heterocycles. The SMILES string of the molecule is CC(=O)NCCCCC(C(=O)OC(C)(C)C)N(CC(=O)OC(C)(C)C)CC(=O)OC(C)(C)C. The van der Waals surface area contributed by atoms with Crippen molar-refractivity contribution in [3.63, 3.8) is 0 Å². The number of carbonyl (C=O) groups excluding carboxylic acids is 4. The van der Waals surface area contributed by atoms with Crippen molar-refractivity contribution in [2.75, 3.05) is 19.6 Å². The number of amides is 1. The topological polar surface area (TPSA) is 111 Å². The summed E-state index contributed by atoms with van der Waals surface area (Å²) in [5.41, 5.74) is -2.17. The Morgan fingerprint density at radius 3 is 1.52 bits per heavy atom. The van der Waals surface area contributed by atoms with Crippen molar-refractivity contribution in [3.8, 4) is 0 Å². The van der Waals surface area contributed by atoms with Gasteiger partial charge in [-0.25, -0.2) is 0 Å². The lowest BCUT2D eigenvalue weighted by Crippen LogP contribution is -2.50. The zero-order chi connectivity index (χ0) is 26.0. The van der Waals surface area contributed by atoms with Crippen molar-refractivity contribution in [1.29, 1.82) is 0 Å². The molecule has 0 aromatic rings. The number of hydrogen-bond donors (Lipinski definition) is 1. The number of nitrogens with one attached hydrogen (secondary N) is 1. The van der Waals surface area contributed by atoms with Crippen LogP contribution in [0.15, 0.2) is 0 Å². The van der Waals surface area contributed by atoms with Gasteiger partial charge in [-0.2, -0.15) is 0 Å². The molecule has 1 N–H and O–H groups in total. The number of hydrogen-bond acceptors (Lipinski definition) is 8. The summed E-state index contributed by atoms with van der Waals surface area (Å²) in [7, 11) is 0. The van der Waals surface area contributed by atoms with E-state index in [-0.39, 0.29) is 19.0 Å². The highest BCUT2D eigenvalue weighted by Crippen LogP contribution is 2.18. The van der Waals surface area contributed by atoms with Gasteiger partial charge in [0.2, 0.25) is 5.91 Å². The van der Waals surface area contributed by atoms with Crippen LogP contribution in [0.3, 0.4) is 0 Å². The molecule has 1 atom stereocenters. The fraction of sp³-hybridized carbons (Fsp3) is 0.833. The molecule has 0 aliphatic heterocycles. The zero-order valence-corrected chi connectivity index (χ0v) is 22.1. The third-order valence-electron chi connectivity index (χ3n) is 3.90. The van der Waals surface area contributed by atoms with Gasteiger partial charge in [-0.1, -0.05) is 0 Å². The molecule has 192 valence electrons. The quantitative estimate of drug-likeness (QED) is 0.278. The van der Waals surface area contributed by atoms with Gasteiger partial charge < -0.3 is 19.5 Å². The second-order valence-corrected chi connectivity index (χ2v) is 11.1. The molecule has 0 fully saturated rings. The molecule has 0 radical (unpaired) electrons. The predicted octanol–water partition coefficient (Wildman–Crippen LogP) is 2.99. The Kier molecular flexibility index (Phi) is 12.1. The van der Waals surface area contributed by atoms with E-state index in [2.05, 4.69) is 5.32 Å². The van der Waals surface area contributed by atoms with Crippen LogP contribution in [-0.4, -0.2) is 71.2 Å². The summed E-state index contributed by atoms with van der Waals surface area (Å²) in [6.07, 6.45) is 1.54. The second-order valence-electron chi connectivity index (χ2n) is 11.1. The van der Waals surface area contributed by atoms with E-state index in [1.165, 1.54) is 11.8 Å². The lowest BCUT2D eigenvalue weighted by Gasteiger charge is -2.33. The van der Waals surface area contributed by atoms with Gasteiger partial charge in [0.15, 0.2) is 0 Å². The van der Waals surface area contributed by atoms with E-state index in [0.717, 1.165) is 0 Å². The first-order valence-corrected chi connectivity index (χ1v) is 11.4. The number of rotatable bonds is 11. The molecule has 0 spiro atoms. The average Bonchev–Trinajstić information content (AvgIpc) is 2.51. The lowest BCUT2D eigenvalue weighted by atomic mass is 10.1. The first kappa shape index (κ1) is 30.8. The minimum atomic E-state index is -0.860. The van der Waals surface area contributed by atoms with E-state index in [1.807, 2.05) is 0 Å². The lowest BCUT2D eigenvalue weighted by molar-refractivity contribution is -0.168. The molecular weight excluding hydrogens is 428 g/mol. The molecule has 9 heteroatoms. The van der Waals surface area contributed by atoms with Crippen molar-refractivity contribution in [3.05, 3.63) is 0 Å². The standard InChI is InChI=1S/C24H44N2O7/c1-17(27)25-14-12-11-13-18(21(30)33-24(8,9)10)26(15-19(28)31-22(2,3)4)16-20(29)32-23(5,6)7/h18H,11-16H2,1-10H3,(H,25,27). The summed E-state index contributed by atoms with van der Waals surface area (Å²) in [6, 6.07) is -0.860. The molecule has 1 unspecified atom stereocenters. The van der Waals surface area contributed by atoms with Crippen molar-refractivity contribution >= 4 is 23.8 Å². The van der Waals surface area contributed by atoms with Gasteiger partial charge in [0.25, 0.3) is 0 Å². The van der Waals surface area contributed by atoms with Crippen LogP contribution in [0, 0.1) is 0 Å². The first-order chi connectivity index (χ1) is 14.8. The van der Waals surface area contributed by atoms with Gasteiger partial charge in [-0.15, -0.1) is 0 Å². The summed E-state index contributed by atoms with van der Waals surface area (Å²) < 4.78 is 16.4. The zero-order valence-electron chi connectivity index (χ0n) is 22.1. The van der Waals surface area contributed by atoms with Crippen LogP contribution < -0.4 is 5.32 Å².